The number of ether oxygens (including phenoxy) is 1. The molecule has 0 aromatic heterocycles. The maximum atomic E-state index is 8.79. The maximum Gasteiger partial charge on any atom is 0.175 e. The first kappa shape index (κ1) is 13.2. The Labute approximate surface area is 116 Å². The number of amidine groups is 1. The van der Waals surface area contributed by atoms with Crippen molar-refractivity contribution in [2.24, 2.45) is 10.9 Å². The molecule has 0 saturated carbocycles. The number of rotatable bonds is 3. The second-order valence-corrected chi connectivity index (χ2v) is 4.42. The zero-order valence-electron chi connectivity index (χ0n) is 10.3. The molecule has 0 atom stereocenters. The van der Waals surface area contributed by atoms with Gasteiger partial charge in [-0.1, -0.05) is 40.5 Å². The summed E-state index contributed by atoms with van der Waals surface area (Å²) in [5.41, 5.74) is 7.11. The first-order valence-corrected chi connectivity index (χ1v) is 6.00. The van der Waals surface area contributed by atoms with Crippen LogP contribution in [0.25, 0.3) is 0 Å². The minimum Gasteiger partial charge on any atom is -0.457 e. The summed E-state index contributed by atoms with van der Waals surface area (Å²) >= 11 is 6.04. The van der Waals surface area contributed by atoms with E-state index in [-0.39, 0.29) is 5.84 Å². The van der Waals surface area contributed by atoms with Gasteiger partial charge in [-0.3, -0.25) is 0 Å². The number of benzene rings is 2. The molecule has 2 aromatic carbocycles. The van der Waals surface area contributed by atoms with E-state index < -0.39 is 0 Å². The first-order chi connectivity index (χ1) is 9.11. The van der Waals surface area contributed by atoms with E-state index in [1.807, 2.05) is 31.2 Å². The summed E-state index contributed by atoms with van der Waals surface area (Å²) in [6.45, 7) is 1.99. The lowest BCUT2D eigenvalue weighted by Gasteiger charge is -2.11. The maximum absolute atomic E-state index is 8.79. The van der Waals surface area contributed by atoms with Gasteiger partial charge in [0.05, 0.1) is 10.6 Å². The summed E-state index contributed by atoms with van der Waals surface area (Å²) in [5.74, 6) is 0.999. The van der Waals surface area contributed by atoms with Crippen molar-refractivity contribution in [3.63, 3.8) is 0 Å². The molecule has 0 radical (unpaired) electrons. The molecule has 5 heteroatoms. The summed E-state index contributed by atoms with van der Waals surface area (Å²) in [4.78, 5) is 0. The fraction of sp³-hybridized carbons (Fsp3) is 0.0714. The molecule has 0 heterocycles. The van der Waals surface area contributed by atoms with Gasteiger partial charge >= 0.3 is 0 Å². The summed E-state index contributed by atoms with van der Waals surface area (Å²) in [7, 11) is 0. The van der Waals surface area contributed by atoms with E-state index in [0.29, 0.717) is 22.1 Å². The second kappa shape index (κ2) is 5.63. The van der Waals surface area contributed by atoms with Gasteiger partial charge in [0, 0.05) is 0 Å². The number of nitrogens with two attached hydrogens (primary N) is 1. The molecule has 2 rings (SSSR count). The van der Waals surface area contributed by atoms with Crippen LogP contribution >= 0.6 is 11.6 Å². The first-order valence-electron chi connectivity index (χ1n) is 5.62. The van der Waals surface area contributed by atoms with Crippen LogP contribution in [-0.4, -0.2) is 11.0 Å². The Morgan fingerprint density at radius 1 is 1.21 bits per heavy atom. The molecule has 0 aliphatic carbocycles. The van der Waals surface area contributed by atoms with Crippen LogP contribution in [0.4, 0.5) is 0 Å². The van der Waals surface area contributed by atoms with Gasteiger partial charge in [0.25, 0.3) is 0 Å². The Kier molecular flexibility index (Phi) is 3.92. The summed E-state index contributed by atoms with van der Waals surface area (Å²) in [5, 5.41) is 12.1. The lowest BCUT2D eigenvalue weighted by molar-refractivity contribution is 0.318. The quantitative estimate of drug-likeness (QED) is 0.390. The monoisotopic (exact) mass is 276 g/mol. The van der Waals surface area contributed by atoms with Crippen molar-refractivity contribution in [1.82, 2.24) is 0 Å². The third kappa shape index (κ3) is 2.98. The summed E-state index contributed by atoms with van der Waals surface area (Å²) in [6, 6.07) is 12.6. The van der Waals surface area contributed by atoms with E-state index in [0.717, 1.165) is 5.56 Å². The fourth-order valence-corrected chi connectivity index (χ4v) is 1.88. The lowest BCUT2D eigenvalue weighted by Crippen LogP contribution is -2.14. The minimum atomic E-state index is -0.0901. The van der Waals surface area contributed by atoms with Gasteiger partial charge in [-0.15, -0.1) is 0 Å². The molecule has 98 valence electrons. The van der Waals surface area contributed by atoms with Crippen molar-refractivity contribution in [3.05, 3.63) is 58.6 Å². The molecule has 0 amide bonds. The summed E-state index contributed by atoms with van der Waals surface area (Å²) in [6.07, 6.45) is 0. The number of nitrogens with zero attached hydrogens (tertiary/aromatic N) is 1. The van der Waals surface area contributed by atoms with Gasteiger partial charge in [-0.2, -0.15) is 0 Å². The van der Waals surface area contributed by atoms with E-state index in [1.54, 1.807) is 18.2 Å². The van der Waals surface area contributed by atoms with Gasteiger partial charge in [-0.25, -0.2) is 0 Å². The highest BCUT2D eigenvalue weighted by Crippen LogP contribution is 2.30. The Morgan fingerprint density at radius 3 is 2.53 bits per heavy atom. The van der Waals surface area contributed by atoms with Gasteiger partial charge in [0.2, 0.25) is 0 Å². The van der Waals surface area contributed by atoms with Crippen molar-refractivity contribution >= 4 is 17.4 Å². The molecule has 0 spiro atoms. The molecule has 19 heavy (non-hydrogen) atoms. The zero-order chi connectivity index (χ0) is 13.8. The van der Waals surface area contributed by atoms with Crippen LogP contribution in [0.15, 0.2) is 47.6 Å². The van der Waals surface area contributed by atoms with Crippen molar-refractivity contribution < 1.29 is 9.94 Å². The Bertz CT molecular complexity index is 609. The number of aryl methyl sites for hydroxylation is 1. The zero-order valence-corrected chi connectivity index (χ0v) is 11.1. The Balaban J connectivity index is 2.40. The third-order valence-corrected chi connectivity index (χ3v) is 2.90. The van der Waals surface area contributed by atoms with Crippen LogP contribution < -0.4 is 10.5 Å². The molecule has 2 aromatic rings. The average Bonchev–Trinajstić information content (AvgIpc) is 2.41. The van der Waals surface area contributed by atoms with E-state index in [2.05, 4.69) is 5.16 Å². The normalized spacial score (nSPS) is 11.4. The molecule has 0 aliphatic heterocycles. The minimum absolute atomic E-state index is 0.0901. The molecule has 0 bridgehead atoms. The number of halogens is 1. The third-order valence-electron chi connectivity index (χ3n) is 2.59. The van der Waals surface area contributed by atoms with Crippen molar-refractivity contribution in [2.75, 3.05) is 0 Å². The molecular weight excluding hydrogens is 264 g/mol. The predicted molar refractivity (Wildman–Crippen MR) is 75.2 cm³/mol. The Hall–Kier alpha value is -2.20. The molecule has 4 nitrogen and oxygen atoms in total. The van der Waals surface area contributed by atoms with Gasteiger partial charge in [0.1, 0.15) is 11.5 Å². The van der Waals surface area contributed by atoms with Crippen molar-refractivity contribution in [1.29, 1.82) is 0 Å². The fourth-order valence-electron chi connectivity index (χ4n) is 1.62. The predicted octanol–water partition coefficient (Wildman–Crippen LogP) is 3.54. The van der Waals surface area contributed by atoms with Crippen LogP contribution in [-0.2, 0) is 0 Å². The SMILES string of the molecule is Cc1ccc(Oc2cccc(Cl)c2/C(N)=N/O)cc1. The summed E-state index contributed by atoms with van der Waals surface area (Å²) < 4.78 is 5.71. The molecule has 0 unspecified atom stereocenters. The van der Waals surface area contributed by atoms with Crippen LogP contribution in [0.1, 0.15) is 11.1 Å². The topological polar surface area (TPSA) is 67.8 Å². The van der Waals surface area contributed by atoms with Crippen molar-refractivity contribution in [2.45, 2.75) is 6.92 Å². The van der Waals surface area contributed by atoms with Crippen LogP contribution in [0.3, 0.4) is 0 Å². The average molecular weight is 277 g/mol. The highest BCUT2D eigenvalue weighted by atomic mass is 35.5. The molecule has 0 aliphatic rings. The van der Waals surface area contributed by atoms with Crippen LogP contribution in [0, 0.1) is 6.92 Å². The standard InChI is InChI=1S/C14H13ClN2O2/c1-9-5-7-10(8-6-9)19-12-4-2-3-11(15)13(12)14(16)17-18/h2-8,18H,1H3,(H2,16,17). The lowest BCUT2D eigenvalue weighted by atomic mass is 10.2. The number of hydrogen-bond donors (Lipinski definition) is 2. The van der Waals surface area contributed by atoms with Gasteiger partial charge in [0.15, 0.2) is 5.84 Å². The van der Waals surface area contributed by atoms with Crippen LogP contribution in [0.5, 0.6) is 11.5 Å². The van der Waals surface area contributed by atoms with Gasteiger partial charge < -0.3 is 15.7 Å². The largest absolute Gasteiger partial charge is 0.457 e. The molecule has 3 N–H and O–H groups in total. The number of hydrogen-bond acceptors (Lipinski definition) is 3. The molecule has 0 fully saturated rings. The van der Waals surface area contributed by atoms with E-state index >= 15 is 0 Å². The van der Waals surface area contributed by atoms with E-state index in [4.69, 9.17) is 27.3 Å². The van der Waals surface area contributed by atoms with Crippen molar-refractivity contribution in [3.8, 4) is 11.5 Å². The molecule has 0 saturated heterocycles. The van der Waals surface area contributed by atoms with Gasteiger partial charge in [-0.05, 0) is 31.2 Å². The van der Waals surface area contributed by atoms with Crippen LogP contribution in [0.2, 0.25) is 5.02 Å². The highest BCUT2D eigenvalue weighted by Gasteiger charge is 2.13. The Morgan fingerprint density at radius 2 is 1.89 bits per heavy atom. The second-order valence-electron chi connectivity index (χ2n) is 4.01. The highest BCUT2D eigenvalue weighted by molar-refractivity contribution is 6.34. The van der Waals surface area contributed by atoms with E-state index in [1.165, 1.54) is 0 Å². The number of oxime groups is 1. The van der Waals surface area contributed by atoms with E-state index in [9.17, 15) is 0 Å². The smallest absolute Gasteiger partial charge is 0.175 e. The molecular formula is C14H13ClN2O2.